The molecule has 3 N–H and O–H groups in total. The number of sulfonamides is 1. The first kappa shape index (κ1) is 18.9. The molecule has 0 aromatic carbocycles. The fourth-order valence-corrected chi connectivity index (χ4v) is 2.82. The highest BCUT2D eigenvalue weighted by Gasteiger charge is 2.33. The van der Waals surface area contributed by atoms with Crippen LogP contribution in [0.1, 0.15) is 27.2 Å². The molecule has 0 bridgehead atoms. The van der Waals surface area contributed by atoms with Crippen LogP contribution in [-0.2, 0) is 10.0 Å². The molecule has 2 unspecified atom stereocenters. The van der Waals surface area contributed by atoms with Gasteiger partial charge in [-0.3, -0.25) is 4.99 Å². The van der Waals surface area contributed by atoms with Gasteiger partial charge in [0.15, 0.2) is 5.96 Å². The van der Waals surface area contributed by atoms with Gasteiger partial charge in [0.1, 0.15) is 0 Å². The van der Waals surface area contributed by atoms with Crippen molar-refractivity contribution in [3.05, 3.63) is 0 Å². The van der Waals surface area contributed by atoms with Crippen LogP contribution >= 0.6 is 24.0 Å². The number of halogens is 1. The van der Waals surface area contributed by atoms with Gasteiger partial charge in [-0.05, 0) is 26.2 Å². The third-order valence-corrected chi connectivity index (χ3v) is 4.31. The van der Waals surface area contributed by atoms with Crippen molar-refractivity contribution in [2.45, 2.75) is 39.3 Å². The summed E-state index contributed by atoms with van der Waals surface area (Å²) in [7, 11) is -1.52. The zero-order chi connectivity index (χ0) is 13.8. The van der Waals surface area contributed by atoms with Gasteiger partial charge in [-0.15, -0.1) is 24.0 Å². The van der Waals surface area contributed by atoms with Crippen LogP contribution < -0.4 is 15.4 Å². The third kappa shape index (κ3) is 7.93. The van der Waals surface area contributed by atoms with E-state index in [9.17, 15) is 8.42 Å². The second kappa shape index (κ2) is 8.25. The molecular weight excluding hydrogens is 379 g/mol. The van der Waals surface area contributed by atoms with Crippen molar-refractivity contribution in [1.29, 1.82) is 0 Å². The number of hydrogen-bond donors (Lipinski definition) is 3. The highest BCUT2D eigenvalue weighted by Crippen LogP contribution is 2.28. The highest BCUT2D eigenvalue weighted by atomic mass is 127. The largest absolute Gasteiger partial charge is 0.355 e. The van der Waals surface area contributed by atoms with Gasteiger partial charge in [-0.2, -0.15) is 0 Å². The molecular formula is C11H25IN4O2S. The van der Waals surface area contributed by atoms with E-state index in [1.54, 1.807) is 20.9 Å². The minimum Gasteiger partial charge on any atom is -0.355 e. The molecule has 6 nitrogen and oxygen atoms in total. The maximum absolute atomic E-state index is 11.6. The van der Waals surface area contributed by atoms with Gasteiger partial charge < -0.3 is 10.6 Å². The first-order valence-corrected chi connectivity index (χ1v) is 7.96. The first-order valence-electron chi connectivity index (χ1n) is 6.31. The van der Waals surface area contributed by atoms with Crippen LogP contribution in [-0.4, -0.2) is 45.8 Å². The average Bonchev–Trinajstić information content (AvgIpc) is 2.90. The van der Waals surface area contributed by atoms with E-state index in [-0.39, 0.29) is 35.8 Å². The summed E-state index contributed by atoms with van der Waals surface area (Å²) in [6.45, 7) is 6.13. The molecule has 0 saturated heterocycles. The lowest BCUT2D eigenvalue weighted by atomic mass is 10.4. The predicted octanol–water partition coefficient (Wildman–Crippen LogP) is 0.506. The fourth-order valence-electron chi connectivity index (χ4n) is 1.62. The fraction of sp³-hybridized carbons (Fsp3) is 0.909. The molecule has 1 rings (SSSR count). The molecule has 114 valence electrons. The normalized spacial score (nSPS) is 22.9. The molecule has 1 aliphatic rings. The van der Waals surface area contributed by atoms with Crippen molar-refractivity contribution in [2.75, 3.05) is 19.3 Å². The Morgan fingerprint density at radius 1 is 1.42 bits per heavy atom. The number of nitrogens with zero attached hydrogens (tertiary/aromatic N) is 1. The monoisotopic (exact) mass is 404 g/mol. The van der Waals surface area contributed by atoms with E-state index in [0.29, 0.717) is 24.5 Å². The molecule has 0 amide bonds. The van der Waals surface area contributed by atoms with Crippen LogP contribution in [0.15, 0.2) is 4.99 Å². The van der Waals surface area contributed by atoms with E-state index in [1.807, 2.05) is 0 Å². The van der Waals surface area contributed by atoms with Crippen LogP contribution in [0, 0.1) is 5.92 Å². The van der Waals surface area contributed by atoms with E-state index in [4.69, 9.17) is 0 Å². The van der Waals surface area contributed by atoms with E-state index in [0.717, 1.165) is 6.42 Å². The zero-order valence-electron chi connectivity index (χ0n) is 11.9. The number of nitrogens with one attached hydrogen (secondary N) is 3. The lowest BCUT2D eigenvalue weighted by Gasteiger charge is -2.13. The molecule has 8 heteroatoms. The summed E-state index contributed by atoms with van der Waals surface area (Å²) in [6.07, 6.45) is 1.15. The van der Waals surface area contributed by atoms with Crippen molar-refractivity contribution in [2.24, 2.45) is 10.9 Å². The van der Waals surface area contributed by atoms with Crippen molar-refractivity contribution < 1.29 is 8.42 Å². The maximum Gasteiger partial charge on any atom is 0.213 e. The van der Waals surface area contributed by atoms with Crippen LogP contribution in [0.5, 0.6) is 0 Å². The Morgan fingerprint density at radius 3 is 2.42 bits per heavy atom. The SMILES string of the molecule is CN=C(NCCS(=O)(=O)NC(C)C)NC1CC1C.I. The van der Waals surface area contributed by atoms with Gasteiger partial charge in [0.2, 0.25) is 10.0 Å². The smallest absolute Gasteiger partial charge is 0.213 e. The molecule has 0 radical (unpaired) electrons. The number of aliphatic imine (C=N–C) groups is 1. The zero-order valence-corrected chi connectivity index (χ0v) is 15.1. The lowest BCUT2D eigenvalue weighted by Crippen LogP contribution is -2.43. The minimum atomic E-state index is -3.20. The van der Waals surface area contributed by atoms with Crippen molar-refractivity contribution >= 4 is 40.0 Å². The minimum absolute atomic E-state index is 0. The van der Waals surface area contributed by atoms with Gasteiger partial charge in [-0.25, -0.2) is 13.1 Å². The second-order valence-corrected chi connectivity index (χ2v) is 6.93. The molecule has 1 aliphatic carbocycles. The Labute approximate surface area is 133 Å². The standard InChI is InChI=1S/C11H24N4O2S.HI/c1-8(2)15-18(16,17)6-5-13-11(12-4)14-10-7-9(10)3;/h8-10,15H,5-7H2,1-4H3,(H2,12,13,14);1H. The second-order valence-electron chi connectivity index (χ2n) is 5.05. The van der Waals surface area contributed by atoms with E-state index in [2.05, 4.69) is 27.3 Å². The first-order chi connectivity index (χ1) is 8.34. The Morgan fingerprint density at radius 2 is 2.00 bits per heavy atom. The molecule has 1 saturated carbocycles. The summed E-state index contributed by atoms with van der Waals surface area (Å²) in [4.78, 5) is 4.06. The molecule has 0 heterocycles. The van der Waals surface area contributed by atoms with Crippen molar-refractivity contribution in [3.63, 3.8) is 0 Å². The quantitative estimate of drug-likeness (QED) is 0.342. The molecule has 0 aliphatic heterocycles. The Balaban J connectivity index is 0.00000324. The van der Waals surface area contributed by atoms with E-state index < -0.39 is 10.0 Å². The Kier molecular flexibility index (Phi) is 8.21. The summed E-state index contributed by atoms with van der Waals surface area (Å²) in [5.74, 6) is 1.39. The van der Waals surface area contributed by atoms with Gasteiger partial charge in [0.05, 0.1) is 5.75 Å². The maximum atomic E-state index is 11.6. The molecule has 2 atom stereocenters. The molecule has 0 spiro atoms. The van der Waals surface area contributed by atoms with Crippen molar-refractivity contribution in [3.8, 4) is 0 Å². The predicted molar refractivity (Wildman–Crippen MR) is 89.5 cm³/mol. The van der Waals surface area contributed by atoms with Gasteiger partial charge >= 0.3 is 0 Å². The van der Waals surface area contributed by atoms with Crippen LogP contribution in [0.2, 0.25) is 0 Å². The summed E-state index contributed by atoms with van der Waals surface area (Å²) < 4.78 is 25.7. The highest BCUT2D eigenvalue weighted by molar-refractivity contribution is 14.0. The van der Waals surface area contributed by atoms with Gasteiger partial charge in [-0.1, -0.05) is 6.92 Å². The van der Waals surface area contributed by atoms with Crippen LogP contribution in [0.4, 0.5) is 0 Å². The molecule has 0 aromatic rings. The topological polar surface area (TPSA) is 82.6 Å². The van der Waals surface area contributed by atoms with Crippen molar-refractivity contribution in [1.82, 2.24) is 15.4 Å². The van der Waals surface area contributed by atoms with Gasteiger partial charge in [0, 0.05) is 25.7 Å². The summed E-state index contributed by atoms with van der Waals surface area (Å²) in [5, 5.41) is 6.25. The number of hydrogen-bond acceptors (Lipinski definition) is 3. The lowest BCUT2D eigenvalue weighted by molar-refractivity contribution is 0.568. The Hall–Kier alpha value is -0.0900. The summed E-state index contributed by atoms with van der Waals surface area (Å²) in [5.41, 5.74) is 0. The molecule has 19 heavy (non-hydrogen) atoms. The van der Waals surface area contributed by atoms with Crippen LogP contribution in [0.3, 0.4) is 0 Å². The average molecular weight is 404 g/mol. The molecule has 0 aromatic heterocycles. The third-order valence-electron chi connectivity index (χ3n) is 2.73. The summed E-state index contributed by atoms with van der Waals surface area (Å²) in [6, 6.07) is 0.404. The Bertz CT molecular complexity index is 397. The van der Waals surface area contributed by atoms with E-state index >= 15 is 0 Å². The summed E-state index contributed by atoms with van der Waals surface area (Å²) >= 11 is 0. The van der Waals surface area contributed by atoms with E-state index in [1.165, 1.54) is 0 Å². The molecule has 1 fully saturated rings. The number of guanidine groups is 1. The van der Waals surface area contributed by atoms with Gasteiger partial charge in [0.25, 0.3) is 0 Å². The number of rotatable bonds is 6. The van der Waals surface area contributed by atoms with Crippen LogP contribution in [0.25, 0.3) is 0 Å².